The maximum absolute atomic E-state index is 12.2. The van der Waals surface area contributed by atoms with E-state index in [0.29, 0.717) is 45.2 Å². The van der Waals surface area contributed by atoms with Crippen LogP contribution in [0.15, 0.2) is 84.6 Å². The molecule has 6 bridgehead atoms. The van der Waals surface area contributed by atoms with Gasteiger partial charge in [-0.2, -0.15) is 0 Å². The number of unbranched alkanes of at least 4 members (excludes halogenated alkanes) is 18. The number of phenolic OH excluding ortho intramolecular Hbond substituents is 3. The molecule has 9 nitrogen and oxygen atoms in total. The topological polar surface area (TPSA) is 135 Å². The van der Waals surface area contributed by atoms with Gasteiger partial charge in [-0.3, -0.25) is 30.0 Å². The van der Waals surface area contributed by atoms with Gasteiger partial charge in [-0.1, -0.05) is 232 Å². The summed E-state index contributed by atoms with van der Waals surface area (Å²) in [6.45, 7) is 11.4. The first-order chi connectivity index (χ1) is 42.6. The van der Waals surface area contributed by atoms with Crippen LogP contribution in [-0.4, -0.2) is 88.9 Å². The number of phenols is 3. The highest BCUT2D eigenvalue weighted by Gasteiger charge is 2.27. The number of aliphatic imine (C=N–C) groups is 6. The Morgan fingerprint density at radius 2 is 0.586 bits per heavy atom. The molecular formula is C78H114N6O3. The van der Waals surface area contributed by atoms with Gasteiger partial charge in [0.05, 0.1) is 36.3 Å². The molecule has 3 aromatic carbocycles. The molecule has 1 heterocycles. The first-order valence-corrected chi connectivity index (χ1v) is 35.4. The lowest BCUT2D eigenvalue weighted by Crippen LogP contribution is -2.27. The second kappa shape index (κ2) is 39.3. The molecule has 474 valence electrons. The molecule has 0 amide bonds. The van der Waals surface area contributed by atoms with E-state index in [1.807, 2.05) is 37.3 Å². The molecule has 3 aliphatic carbocycles. The van der Waals surface area contributed by atoms with Crippen molar-refractivity contribution < 1.29 is 15.3 Å². The maximum atomic E-state index is 12.2. The molecule has 4 aliphatic rings. The molecule has 8 unspecified atom stereocenters. The van der Waals surface area contributed by atoms with Gasteiger partial charge in [0, 0.05) is 70.7 Å². The third-order valence-corrected chi connectivity index (χ3v) is 18.9. The van der Waals surface area contributed by atoms with Gasteiger partial charge in [-0.15, -0.1) is 0 Å². The van der Waals surface area contributed by atoms with Crippen molar-refractivity contribution in [3.8, 4) is 17.2 Å². The van der Waals surface area contributed by atoms with Crippen molar-refractivity contribution >= 4 is 55.5 Å². The van der Waals surface area contributed by atoms with Crippen molar-refractivity contribution in [3.63, 3.8) is 0 Å². The highest BCUT2D eigenvalue weighted by Crippen LogP contribution is 2.33. The van der Waals surface area contributed by atoms with E-state index >= 15 is 0 Å². The van der Waals surface area contributed by atoms with E-state index in [1.165, 1.54) is 122 Å². The van der Waals surface area contributed by atoms with Gasteiger partial charge in [-0.25, -0.2) is 0 Å². The van der Waals surface area contributed by atoms with Crippen LogP contribution in [0.2, 0.25) is 0 Å². The summed E-state index contributed by atoms with van der Waals surface area (Å²) in [5, 5.41) is 36.5. The van der Waals surface area contributed by atoms with E-state index in [-0.39, 0.29) is 53.5 Å². The summed E-state index contributed by atoms with van der Waals surface area (Å²) in [5.74, 6) is 1.35. The Morgan fingerprint density at radius 1 is 0.345 bits per heavy atom. The quantitative estimate of drug-likeness (QED) is 0.0625. The fourth-order valence-electron chi connectivity index (χ4n) is 13.2. The lowest BCUT2D eigenvalue weighted by molar-refractivity contribution is 0.389. The molecule has 3 N–H and O–H groups in total. The van der Waals surface area contributed by atoms with E-state index in [9.17, 15) is 15.3 Å². The fraction of sp³-hybridized carbons (Fsp3) is 0.615. The zero-order valence-electron chi connectivity index (χ0n) is 54.8. The lowest BCUT2D eigenvalue weighted by atomic mass is 9.91. The molecule has 7 rings (SSSR count). The van der Waals surface area contributed by atoms with Crippen molar-refractivity contribution in [2.45, 2.75) is 296 Å². The van der Waals surface area contributed by atoms with Crippen LogP contribution in [-0.2, 0) is 0 Å². The van der Waals surface area contributed by atoms with Gasteiger partial charge in [0.2, 0.25) is 0 Å². The van der Waals surface area contributed by atoms with Crippen LogP contribution >= 0.6 is 0 Å². The summed E-state index contributed by atoms with van der Waals surface area (Å²) < 4.78 is 0. The molecule has 3 aromatic rings. The lowest BCUT2D eigenvalue weighted by Gasteiger charge is -2.26. The van der Waals surface area contributed by atoms with Gasteiger partial charge >= 0.3 is 0 Å². The van der Waals surface area contributed by atoms with E-state index in [2.05, 4.69) is 107 Å². The molecule has 3 saturated carbocycles. The standard InChI is InChI=1S/C78H114N6O3/c1-6-9-12-15-18-19-20-21-24-27-36-61-47-64-53-79-70-37-28-30-39-72(70)81-55-66-49-62(45-43-59(4)34-25-22-16-13-10-7-2)51-68(77(66)86)57-83-74-41-32-33-42-75(74)84-58-69-52-63(46-44-60(5)35-26-23-17-14-11-8-3)50-67(78(69)87)56-82-73-40-31-29-38-71(73)80-54-65(48-61)76(64)85/h27,36,43-60,70-75,85-87H,6-26,28-35,37-42H2,1-5H3/b36-27+,45-43+,46-44+,79-53+,80-54+,81-55+,82-56+,83-57+,84-58+. The van der Waals surface area contributed by atoms with Crippen LogP contribution < -0.4 is 0 Å². The number of nitrogens with zero attached hydrogens (tertiary/aromatic N) is 6. The Morgan fingerprint density at radius 3 is 0.862 bits per heavy atom. The van der Waals surface area contributed by atoms with Crippen molar-refractivity contribution in [1.82, 2.24) is 0 Å². The van der Waals surface area contributed by atoms with Crippen molar-refractivity contribution in [2.24, 2.45) is 41.8 Å². The highest BCUT2D eigenvalue weighted by atomic mass is 16.3. The average Bonchev–Trinajstić information content (AvgIpc) is 3.65. The molecule has 0 aromatic heterocycles. The molecular weight excluding hydrogens is 1070 g/mol. The first kappa shape index (κ1) is 68.8. The second-order valence-corrected chi connectivity index (χ2v) is 26.5. The summed E-state index contributed by atoms with van der Waals surface area (Å²) in [6.07, 6.45) is 65.5. The van der Waals surface area contributed by atoms with Gasteiger partial charge in [0.25, 0.3) is 0 Å². The van der Waals surface area contributed by atoms with Gasteiger partial charge < -0.3 is 15.3 Å². The Bertz CT molecular complexity index is 2610. The largest absolute Gasteiger partial charge is 0.507 e. The van der Waals surface area contributed by atoms with E-state index in [0.717, 1.165) is 119 Å². The summed E-state index contributed by atoms with van der Waals surface area (Å²) in [4.78, 5) is 31.5. The molecule has 0 saturated heterocycles. The van der Waals surface area contributed by atoms with Gasteiger partial charge in [0.15, 0.2) is 0 Å². The van der Waals surface area contributed by atoms with E-state index in [1.54, 1.807) is 0 Å². The maximum Gasteiger partial charge on any atom is 0.133 e. The fourth-order valence-corrected chi connectivity index (χ4v) is 13.2. The van der Waals surface area contributed by atoms with Gasteiger partial charge in [0.1, 0.15) is 17.2 Å². The monoisotopic (exact) mass is 1180 g/mol. The summed E-state index contributed by atoms with van der Waals surface area (Å²) in [6, 6.07) is 11.8. The number of fused-ring (bicyclic) bond motifs is 9. The predicted octanol–water partition coefficient (Wildman–Crippen LogP) is 21.0. The average molecular weight is 1180 g/mol. The number of hydrogen-bond acceptors (Lipinski definition) is 9. The molecule has 0 radical (unpaired) electrons. The zero-order valence-corrected chi connectivity index (χ0v) is 54.8. The summed E-state index contributed by atoms with van der Waals surface area (Å²) >= 11 is 0. The first-order valence-electron chi connectivity index (χ1n) is 35.4. The Kier molecular flexibility index (Phi) is 31.1. The third kappa shape index (κ3) is 24.0. The molecule has 87 heavy (non-hydrogen) atoms. The van der Waals surface area contributed by atoms with Crippen LogP contribution in [0.3, 0.4) is 0 Å². The Labute approximate surface area is 527 Å². The van der Waals surface area contributed by atoms with Crippen LogP contribution in [0.1, 0.15) is 309 Å². The smallest absolute Gasteiger partial charge is 0.133 e. The molecule has 3 fully saturated rings. The zero-order chi connectivity index (χ0) is 61.3. The van der Waals surface area contributed by atoms with E-state index in [4.69, 9.17) is 30.0 Å². The molecule has 9 heteroatoms. The number of rotatable bonds is 28. The van der Waals surface area contributed by atoms with Crippen LogP contribution in [0.5, 0.6) is 17.2 Å². The molecule has 1 aliphatic heterocycles. The third-order valence-electron chi connectivity index (χ3n) is 18.9. The molecule has 0 spiro atoms. The van der Waals surface area contributed by atoms with Crippen molar-refractivity contribution in [2.75, 3.05) is 0 Å². The SMILES string of the molecule is CCCCCCCCCC/C=C/c1cc2c(O)c(c1)/C=N/C1CCCCC1/N=C/c1cc(/C=C/C(C)CCCCCCCC)cc(c1O)/C=N/C1CCCCC1/N=C/c1cc(/C=C/C(C)CCCCCCCC)cc(c1O)/C=N/C1CCCCC1/N=C/2. The minimum absolute atomic E-state index is 0.0840. The second-order valence-electron chi connectivity index (χ2n) is 26.5. The summed E-state index contributed by atoms with van der Waals surface area (Å²) in [7, 11) is 0. The number of aromatic hydroxyl groups is 3. The number of allylic oxidation sites excluding steroid dienone is 3. The predicted molar refractivity (Wildman–Crippen MR) is 377 cm³/mol. The molecule has 8 atom stereocenters. The highest BCUT2D eigenvalue weighted by molar-refractivity contribution is 5.96. The van der Waals surface area contributed by atoms with Crippen molar-refractivity contribution in [1.29, 1.82) is 0 Å². The van der Waals surface area contributed by atoms with Crippen LogP contribution in [0, 0.1) is 11.8 Å². The van der Waals surface area contributed by atoms with Crippen LogP contribution in [0.4, 0.5) is 0 Å². The normalized spacial score (nSPS) is 24.0. The number of benzene rings is 3. The van der Waals surface area contributed by atoms with Crippen molar-refractivity contribution in [3.05, 3.63) is 105 Å². The van der Waals surface area contributed by atoms with Gasteiger partial charge in [-0.05, 0) is 129 Å². The Hall–Kier alpha value is -5.70. The number of hydrogen-bond donors (Lipinski definition) is 3. The minimum atomic E-state index is -0.0872. The minimum Gasteiger partial charge on any atom is -0.507 e. The van der Waals surface area contributed by atoms with Crippen LogP contribution in [0.25, 0.3) is 18.2 Å². The van der Waals surface area contributed by atoms with E-state index < -0.39 is 0 Å². The Balaban J connectivity index is 1.26. The summed E-state index contributed by atoms with van der Waals surface area (Å²) in [5.41, 5.74) is 7.03.